The first-order chi connectivity index (χ1) is 19.0. The summed E-state index contributed by atoms with van der Waals surface area (Å²) in [6.45, 7) is 0.642. The molecule has 1 saturated heterocycles. The number of esters is 1. The molecule has 0 aliphatic carbocycles. The van der Waals surface area contributed by atoms with E-state index in [0.717, 1.165) is 29.7 Å². The Balaban J connectivity index is 1.49. The summed E-state index contributed by atoms with van der Waals surface area (Å²) in [5.74, 6) is -1.21. The number of nitrogens with zero attached hydrogens (tertiary/aromatic N) is 1. The first-order valence-corrected chi connectivity index (χ1v) is 13.9. The summed E-state index contributed by atoms with van der Waals surface area (Å²) in [5, 5.41) is 3.10. The molecular weight excluding hydrogens is 488 g/mol. The Morgan fingerprint density at radius 3 is 1.95 bits per heavy atom. The van der Waals surface area contributed by atoms with Crippen LogP contribution in [0.5, 0.6) is 0 Å². The van der Waals surface area contributed by atoms with E-state index in [2.05, 4.69) is 5.32 Å². The van der Waals surface area contributed by atoms with Crippen LogP contribution in [0.15, 0.2) is 91.0 Å². The largest absolute Gasteiger partial charge is 0.469 e. The second-order valence-corrected chi connectivity index (χ2v) is 10.3. The molecule has 1 aliphatic heterocycles. The van der Waals surface area contributed by atoms with Crippen LogP contribution < -0.4 is 10.2 Å². The van der Waals surface area contributed by atoms with E-state index in [1.54, 1.807) is 4.90 Å². The van der Waals surface area contributed by atoms with Crippen LogP contribution in [-0.2, 0) is 32.0 Å². The van der Waals surface area contributed by atoms with Crippen molar-refractivity contribution in [1.29, 1.82) is 0 Å². The summed E-state index contributed by atoms with van der Waals surface area (Å²) in [6.07, 6.45) is 4.49. The Kier molecular flexibility index (Phi) is 10.3. The second-order valence-electron chi connectivity index (χ2n) is 10.3. The Bertz CT molecular complexity index is 1200. The molecule has 1 heterocycles. The smallest absolute Gasteiger partial charge is 0.308 e. The van der Waals surface area contributed by atoms with Gasteiger partial charge in [0, 0.05) is 18.2 Å². The first kappa shape index (κ1) is 28.1. The fourth-order valence-corrected chi connectivity index (χ4v) is 5.32. The van der Waals surface area contributed by atoms with E-state index < -0.39 is 6.04 Å². The minimum absolute atomic E-state index is 0.0676. The second kappa shape index (κ2) is 14.3. The number of hydrogen-bond donors (Lipinski definition) is 1. The third kappa shape index (κ3) is 8.03. The van der Waals surface area contributed by atoms with Gasteiger partial charge in [0.2, 0.25) is 11.8 Å². The molecule has 1 unspecified atom stereocenters. The molecule has 2 amide bonds. The lowest BCUT2D eigenvalue weighted by Gasteiger charge is -2.27. The zero-order valence-corrected chi connectivity index (χ0v) is 22.6. The maximum Gasteiger partial charge on any atom is 0.308 e. The highest BCUT2D eigenvalue weighted by Crippen LogP contribution is 2.24. The number of methoxy groups -OCH3 is 1. The van der Waals surface area contributed by atoms with Crippen molar-refractivity contribution < 1.29 is 19.1 Å². The number of ether oxygens (including phenoxy) is 1. The average molecular weight is 527 g/mol. The van der Waals surface area contributed by atoms with Gasteiger partial charge in [0.1, 0.15) is 6.04 Å². The SMILES string of the molecule is COC(=O)[C@H](CC[C@H](Cc1ccccc1)C(=O)NC1CCCCN(c2ccccc2)C1=O)Cc1ccccc1. The molecule has 0 spiro atoms. The van der Waals surface area contributed by atoms with E-state index in [0.29, 0.717) is 38.6 Å². The molecule has 39 heavy (non-hydrogen) atoms. The topological polar surface area (TPSA) is 75.7 Å². The number of para-hydroxylation sites is 1. The van der Waals surface area contributed by atoms with Crippen molar-refractivity contribution in [2.45, 2.75) is 51.0 Å². The van der Waals surface area contributed by atoms with Gasteiger partial charge in [-0.1, -0.05) is 78.9 Å². The third-order valence-corrected chi connectivity index (χ3v) is 7.49. The van der Waals surface area contributed by atoms with Gasteiger partial charge in [0.05, 0.1) is 13.0 Å². The molecule has 1 fully saturated rings. The monoisotopic (exact) mass is 526 g/mol. The summed E-state index contributed by atoms with van der Waals surface area (Å²) < 4.78 is 5.11. The van der Waals surface area contributed by atoms with Gasteiger partial charge in [-0.05, 0) is 68.2 Å². The zero-order valence-electron chi connectivity index (χ0n) is 22.6. The van der Waals surface area contributed by atoms with Gasteiger partial charge in [-0.3, -0.25) is 14.4 Å². The molecule has 6 nitrogen and oxygen atoms in total. The van der Waals surface area contributed by atoms with E-state index in [1.165, 1.54) is 7.11 Å². The van der Waals surface area contributed by atoms with Crippen LogP contribution in [0.25, 0.3) is 0 Å². The van der Waals surface area contributed by atoms with Gasteiger partial charge in [-0.15, -0.1) is 0 Å². The summed E-state index contributed by atoms with van der Waals surface area (Å²) in [5.41, 5.74) is 2.96. The highest BCUT2D eigenvalue weighted by Gasteiger charge is 2.32. The predicted molar refractivity (Wildman–Crippen MR) is 153 cm³/mol. The van der Waals surface area contributed by atoms with Crippen molar-refractivity contribution in [3.63, 3.8) is 0 Å². The molecule has 204 valence electrons. The lowest BCUT2D eigenvalue weighted by atomic mass is 9.87. The third-order valence-electron chi connectivity index (χ3n) is 7.49. The number of hydrogen-bond acceptors (Lipinski definition) is 4. The van der Waals surface area contributed by atoms with Gasteiger partial charge >= 0.3 is 5.97 Å². The molecule has 6 heteroatoms. The van der Waals surface area contributed by atoms with Gasteiger partial charge in [0.15, 0.2) is 0 Å². The standard InChI is InChI=1S/C33H38N2O4/c1-39-33(38)28(24-26-15-7-3-8-16-26)21-20-27(23-25-13-5-2-6-14-25)31(36)34-30-19-11-12-22-35(32(30)37)29-17-9-4-10-18-29/h2-10,13-18,27-28,30H,11-12,19-24H2,1H3,(H,34,36)/t27-,28-,30?/m1/s1. The Morgan fingerprint density at radius 2 is 1.36 bits per heavy atom. The predicted octanol–water partition coefficient (Wildman–Crippen LogP) is 5.36. The van der Waals surface area contributed by atoms with Crippen molar-refractivity contribution in [2.75, 3.05) is 18.6 Å². The quantitative estimate of drug-likeness (QED) is 0.342. The van der Waals surface area contributed by atoms with Gasteiger partial charge in [-0.25, -0.2) is 0 Å². The molecule has 0 aromatic heterocycles. The molecule has 3 aromatic carbocycles. The molecule has 0 saturated carbocycles. The average Bonchev–Trinajstić information content (AvgIpc) is 3.16. The van der Waals surface area contributed by atoms with E-state index >= 15 is 0 Å². The van der Waals surface area contributed by atoms with Crippen LogP contribution in [0.1, 0.15) is 43.2 Å². The lowest BCUT2D eigenvalue weighted by molar-refractivity contribution is -0.146. The first-order valence-electron chi connectivity index (χ1n) is 13.9. The molecule has 0 bridgehead atoms. The Labute approximate surface area is 231 Å². The van der Waals surface area contributed by atoms with E-state index in [4.69, 9.17) is 4.74 Å². The van der Waals surface area contributed by atoms with Crippen molar-refractivity contribution in [1.82, 2.24) is 5.32 Å². The van der Waals surface area contributed by atoms with Crippen molar-refractivity contribution in [2.24, 2.45) is 11.8 Å². The number of amides is 2. The zero-order chi connectivity index (χ0) is 27.5. The van der Waals surface area contributed by atoms with Gasteiger partial charge in [0.25, 0.3) is 0 Å². The molecule has 0 radical (unpaired) electrons. The van der Waals surface area contributed by atoms with Crippen LogP contribution in [0.3, 0.4) is 0 Å². The summed E-state index contributed by atoms with van der Waals surface area (Å²) in [4.78, 5) is 41.7. The number of carbonyl (C=O) groups excluding carboxylic acids is 3. The Morgan fingerprint density at radius 1 is 0.821 bits per heavy atom. The van der Waals surface area contributed by atoms with Crippen molar-refractivity contribution in [3.05, 3.63) is 102 Å². The molecular formula is C33H38N2O4. The summed E-state index contributed by atoms with van der Waals surface area (Å²) in [7, 11) is 1.41. The lowest BCUT2D eigenvalue weighted by Crippen LogP contribution is -2.49. The maximum absolute atomic E-state index is 13.7. The van der Waals surface area contributed by atoms with Gasteiger partial charge in [-0.2, -0.15) is 0 Å². The molecule has 1 aliphatic rings. The van der Waals surface area contributed by atoms with E-state index in [9.17, 15) is 14.4 Å². The highest BCUT2D eigenvalue weighted by atomic mass is 16.5. The number of nitrogens with one attached hydrogen (secondary N) is 1. The number of benzene rings is 3. The van der Waals surface area contributed by atoms with Crippen LogP contribution in [-0.4, -0.2) is 37.5 Å². The van der Waals surface area contributed by atoms with Crippen LogP contribution in [0, 0.1) is 11.8 Å². The van der Waals surface area contributed by atoms with Crippen LogP contribution in [0.4, 0.5) is 5.69 Å². The summed E-state index contributed by atoms with van der Waals surface area (Å²) in [6, 6.07) is 28.8. The minimum atomic E-state index is -0.570. The number of rotatable bonds is 11. The fraction of sp³-hybridized carbons (Fsp3) is 0.364. The number of anilines is 1. The molecule has 4 rings (SSSR count). The van der Waals surface area contributed by atoms with Crippen LogP contribution >= 0.6 is 0 Å². The maximum atomic E-state index is 13.7. The summed E-state index contributed by atoms with van der Waals surface area (Å²) >= 11 is 0. The molecule has 3 aromatic rings. The normalized spacial score (nSPS) is 17.1. The van der Waals surface area contributed by atoms with Crippen molar-refractivity contribution in [3.8, 4) is 0 Å². The highest BCUT2D eigenvalue weighted by molar-refractivity contribution is 5.99. The van der Waals surface area contributed by atoms with Crippen molar-refractivity contribution >= 4 is 23.5 Å². The molecule has 1 N–H and O–H groups in total. The minimum Gasteiger partial charge on any atom is -0.469 e. The fourth-order valence-electron chi connectivity index (χ4n) is 5.32. The Hall–Kier alpha value is -3.93. The van der Waals surface area contributed by atoms with E-state index in [1.807, 2.05) is 91.0 Å². The van der Waals surface area contributed by atoms with E-state index in [-0.39, 0.29) is 29.6 Å². The van der Waals surface area contributed by atoms with Crippen LogP contribution in [0.2, 0.25) is 0 Å². The van der Waals surface area contributed by atoms with Gasteiger partial charge < -0.3 is 15.0 Å². The molecule has 3 atom stereocenters. The number of carbonyl (C=O) groups is 3.